The molecule has 0 radical (unpaired) electrons. The first kappa shape index (κ1) is 19.6. The van der Waals surface area contributed by atoms with E-state index in [0.717, 1.165) is 5.69 Å². The van der Waals surface area contributed by atoms with Gasteiger partial charge in [-0.15, -0.1) is 0 Å². The predicted octanol–water partition coefficient (Wildman–Crippen LogP) is 6.48. The summed E-state index contributed by atoms with van der Waals surface area (Å²) >= 11 is -2.31. The Morgan fingerprint density at radius 2 is 1.38 bits per heavy atom. The van der Waals surface area contributed by atoms with E-state index in [1.54, 1.807) is 3.58 Å². The monoisotopic (exact) mass is 433 g/mol. The molecule has 0 amide bonds. The van der Waals surface area contributed by atoms with Crippen LogP contribution in [0.2, 0.25) is 13.3 Å². The fraction of sp³-hybridized carbons (Fsp3) is 0.545. The molecule has 2 aromatic rings. The van der Waals surface area contributed by atoms with Crippen LogP contribution in [-0.2, 0) is 0 Å². The van der Waals surface area contributed by atoms with Crippen molar-refractivity contribution in [1.82, 2.24) is 0 Å². The molecule has 2 heteroatoms. The number of rotatable bonds is 10. The summed E-state index contributed by atoms with van der Waals surface area (Å²) in [7, 11) is 0. The summed E-state index contributed by atoms with van der Waals surface area (Å²) in [6.07, 6.45) is 8.24. The molecule has 132 valence electrons. The second-order valence-corrected chi connectivity index (χ2v) is 20.6. The van der Waals surface area contributed by atoms with E-state index in [9.17, 15) is 0 Å². The van der Waals surface area contributed by atoms with Crippen molar-refractivity contribution in [3.8, 4) is 0 Å². The van der Waals surface area contributed by atoms with Gasteiger partial charge < -0.3 is 0 Å². The van der Waals surface area contributed by atoms with E-state index >= 15 is 0 Å². The molecule has 0 fully saturated rings. The number of nitrogens with two attached hydrogens (primary N) is 1. The molecular weight excluding hydrogens is 397 g/mol. The molecule has 0 aliphatic rings. The Kier molecular flexibility index (Phi) is 7.93. The Hall–Kier alpha value is -0.701. The van der Waals surface area contributed by atoms with Gasteiger partial charge in [-0.2, -0.15) is 0 Å². The fourth-order valence-corrected chi connectivity index (χ4v) is 20.0. The van der Waals surface area contributed by atoms with Crippen LogP contribution >= 0.6 is 0 Å². The number of hydrogen-bond acceptors (Lipinski definition) is 1. The Balaban J connectivity index is 2.46. The van der Waals surface area contributed by atoms with E-state index in [1.807, 2.05) is 6.07 Å². The van der Waals surface area contributed by atoms with Gasteiger partial charge in [-0.1, -0.05) is 0 Å². The van der Waals surface area contributed by atoms with Crippen molar-refractivity contribution in [3.63, 3.8) is 0 Å². The zero-order valence-corrected chi connectivity index (χ0v) is 18.8. The van der Waals surface area contributed by atoms with E-state index in [1.165, 1.54) is 62.6 Å². The number of anilines is 1. The van der Waals surface area contributed by atoms with E-state index < -0.39 is 18.4 Å². The first-order valence-corrected chi connectivity index (χ1v) is 17.4. The molecule has 0 saturated heterocycles. The van der Waals surface area contributed by atoms with E-state index in [0.29, 0.717) is 0 Å². The number of hydrogen-bond donors (Lipinski definition) is 1. The second-order valence-electron chi connectivity index (χ2n) is 7.37. The zero-order valence-electron chi connectivity index (χ0n) is 15.9. The normalized spacial score (nSPS) is 12.0. The van der Waals surface area contributed by atoms with Crippen molar-refractivity contribution < 1.29 is 0 Å². The standard InChI is InChI=1S/C10H8N.3C4H9.Sn/c11-10-7-3-5-8-4-1-2-6-9(8)10;3*1-3-4-2;/h2-7H,11H2;3*1,3-4H2,2H3;. The molecule has 0 aliphatic carbocycles. The van der Waals surface area contributed by atoms with Crippen LogP contribution < -0.4 is 9.31 Å². The first-order chi connectivity index (χ1) is 11.7. The molecule has 0 heterocycles. The quantitative estimate of drug-likeness (QED) is 0.338. The average molecular weight is 432 g/mol. The SMILES string of the molecule is CCC[CH2][Sn]([CH2]CCC)([CH2]CCC)[c]1ccc2c(N)cccc2c1. The van der Waals surface area contributed by atoms with Crippen molar-refractivity contribution >= 4 is 38.4 Å². The van der Waals surface area contributed by atoms with Gasteiger partial charge >= 0.3 is 153 Å². The molecule has 24 heavy (non-hydrogen) atoms. The van der Waals surface area contributed by atoms with Gasteiger partial charge in [0, 0.05) is 0 Å². The minimum absolute atomic E-state index is 0.913. The van der Waals surface area contributed by atoms with Crippen LogP contribution in [-0.4, -0.2) is 18.4 Å². The number of benzene rings is 2. The summed E-state index contributed by atoms with van der Waals surface area (Å²) in [6, 6.07) is 13.6. The molecule has 0 saturated carbocycles. The number of fused-ring (bicyclic) bond motifs is 1. The van der Waals surface area contributed by atoms with Gasteiger partial charge in [0.2, 0.25) is 0 Å². The Morgan fingerprint density at radius 3 is 1.92 bits per heavy atom. The summed E-state index contributed by atoms with van der Waals surface area (Å²) in [5, 5.41) is 2.57. The summed E-state index contributed by atoms with van der Waals surface area (Å²) in [5.41, 5.74) is 7.09. The summed E-state index contributed by atoms with van der Waals surface area (Å²) in [4.78, 5) is 0. The van der Waals surface area contributed by atoms with Crippen molar-refractivity contribution in [1.29, 1.82) is 0 Å². The van der Waals surface area contributed by atoms with Crippen LogP contribution in [0.5, 0.6) is 0 Å². The maximum atomic E-state index is 6.17. The summed E-state index contributed by atoms with van der Waals surface area (Å²) < 4.78 is 6.33. The predicted molar refractivity (Wildman–Crippen MR) is 113 cm³/mol. The zero-order chi connectivity index (χ0) is 17.4. The Morgan fingerprint density at radius 1 is 0.792 bits per heavy atom. The van der Waals surface area contributed by atoms with E-state index in [-0.39, 0.29) is 0 Å². The molecular formula is C22H35NSn. The Bertz CT molecular complexity index is 613. The van der Waals surface area contributed by atoms with Crippen LogP contribution in [0.1, 0.15) is 59.3 Å². The van der Waals surface area contributed by atoms with Crippen molar-refractivity contribution in [2.45, 2.75) is 72.6 Å². The van der Waals surface area contributed by atoms with Crippen LogP contribution in [0.3, 0.4) is 0 Å². The minimum atomic E-state index is -2.31. The molecule has 2 rings (SSSR count). The van der Waals surface area contributed by atoms with Crippen LogP contribution in [0.25, 0.3) is 10.8 Å². The third kappa shape index (κ3) is 4.68. The first-order valence-electron chi connectivity index (χ1n) is 9.95. The maximum absolute atomic E-state index is 6.17. The van der Waals surface area contributed by atoms with E-state index in [4.69, 9.17) is 5.73 Å². The number of unbranched alkanes of at least 4 members (excludes halogenated alkanes) is 3. The number of nitrogen functional groups attached to an aromatic ring is 1. The van der Waals surface area contributed by atoms with Crippen molar-refractivity contribution in [3.05, 3.63) is 36.4 Å². The average Bonchev–Trinajstić information content (AvgIpc) is 2.61. The van der Waals surface area contributed by atoms with E-state index in [2.05, 4.69) is 51.1 Å². The molecule has 2 aromatic carbocycles. The van der Waals surface area contributed by atoms with Gasteiger partial charge in [0.1, 0.15) is 0 Å². The third-order valence-corrected chi connectivity index (χ3v) is 21.2. The van der Waals surface area contributed by atoms with Gasteiger partial charge in [0.25, 0.3) is 0 Å². The molecule has 0 bridgehead atoms. The summed E-state index contributed by atoms with van der Waals surface area (Å²) in [6.45, 7) is 7.03. The van der Waals surface area contributed by atoms with Crippen LogP contribution in [0.15, 0.2) is 36.4 Å². The third-order valence-electron chi connectivity index (χ3n) is 5.55. The topological polar surface area (TPSA) is 26.0 Å². The van der Waals surface area contributed by atoms with Crippen molar-refractivity contribution in [2.24, 2.45) is 0 Å². The van der Waals surface area contributed by atoms with Crippen LogP contribution in [0, 0.1) is 0 Å². The summed E-state index contributed by atoms with van der Waals surface area (Å²) in [5.74, 6) is 0. The van der Waals surface area contributed by atoms with Gasteiger partial charge in [0.05, 0.1) is 0 Å². The van der Waals surface area contributed by atoms with Crippen molar-refractivity contribution in [2.75, 3.05) is 5.73 Å². The fourth-order valence-electron chi connectivity index (χ4n) is 3.99. The van der Waals surface area contributed by atoms with Gasteiger partial charge in [0.15, 0.2) is 0 Å². The molecule has 0 spiro atoms. The molecule has 2 N–H and O–H groups in total. The molecule has 1 nitrogen and oxygen atoms in total. The molecule has 0 aliphatic heterocycles. The van der Waals surface area contributed by atoms with Gasteiger partial charge in [-0.3, -0.25) is 0 Å². The Labute approximate surface area is 152 Å². The molecule has 0 atom stereocenters. The van der Waals surface area contributed by atoms with Gasteiger partial charge in [-0.25, -0.2) is 0 Å². The second kappa shape index (κ2) is 9.70. The molecule has 0 unspecified atom stereocenters. The van der Waals surface area contributed by atoms with Crippen LogP contribution in [0.4, 0.5) is 5.69 Å². The molecule has 0 aromatic heterocycles. The van der Waals surface area contributed by atoms with Gasteiger partial charge in [-0.05, 0) is 0 Å².